The van der Waals surface area contributed by atoms with Gasteiger partial charge in [-0.1, -0.05) is 6.42 Å². The Hall–Kier alpha value is -1.33. The van der Waals surface area contributed by atoms with E-state index in [9.17, 15) is 4.79 Å². The number of nitrogens with zero attached hydrogens (tertiary/aromatic N) is 1. The molecule has 2 saturated heterocycles. The third kappa shape index (κ3) is 3.14. The molecule has 116 valence electrons. The smallest absolute Gasteiger partial charge is 0.341 e. The van der Waals surface area contributed by atoms with Crippen LogP contribution in [0.25, 0.3) is 0 Å². The van der Waals surface area contributed by atoms with Crippen LogP contribution in [0.5, 0.6) is 0 Å². The minimum absolute atomic E-state index is 0.314. The quantitative estimate of drug-likeness (QED) is 0.862. The van der Waals surface area contributed by atoms with Gasteiger partial charge in [0.15, 0.2) is 0 Å². The second kappa shape index (κ2) is 6.62. The molecule has 1 N–H and O–H groups in total. The summed E-state index contributed by atoms with van der Waals surface area (Å²) in [5.74, 6) is 0.415. The number of carbonyl (C=O) groups excluding carboxylic acids is 1. The van der Waals surface area contributed by atoms with Crippen LogP contribution in [-0.2, 0) is 11.3 Å². The van der Waals surface area contributed by atoms with Crippen LogP contribution in [0.2, 0.25) is 0 Å². The number of furan rings is 1. The van der Waals surface area contributed by atoms with E-state index in [1.54, 1.807) is 12.3 Å². The number of hydrogen-bond acceptors (Lipinski definition) is 5. The first-order valence-electron chi connectivity index (χ1n) is 7.91. The molecule has 1 aromatic rings. The Labute approximate surface area is 125 Å². The fraction of sp³-hybridized carbons (Fsp3) is 0.688. The maximum Gasteiger partial charge on any atom is 0.341 e. The molecule has 0 saturated carbocycles. The van der Waals surface area contributed by atoms with Crippen LogP contribution in [0.1, 0.15) is 48.2 Å². The molecule has 2 unspecified atom stereocenters. The number of likely N-dealkylation sites (tertiary alicyclic amines) is 1. The number of methoxy groups -OCH3 is 1. The Morgan fingerprint density at radius 2 is 2.33 bits per heavy atom. The van der Waals surface area contributed by atoms with Gasteiger partial charge in [-0.25, -0.2) is 4.79 Å². The highest BCUT2D eigenvalue weighted by Gasteiger charge is 2.32. The van der Waals surface area contributed by atoms with E-state index >= 15 is 0 Å². The number of piperidine rings is 1. The number of rotatable bonds is 4. The molecule has 5 heteroatoms. The molecule has 0 spiro atoms. The van der Waals surface area contributed by atoms with E-state index in [4.69, 9.17) is 9.15 Å². The highest BCUT2D eigenvalue weighted by Crippen LogP contribution is 2.27. The molecule has 0 amide bonds. The van der Waals surface area contributed by atoms with E-state index in [0.717, 1.165) is 18.8 Å². The lowest BCUT2D eigenvalue weighted by molar-refractivity contribution is 0.0591. The Balaban J connectivity index is 1.72. The van der Waals surface area contributed by atoms with Crippen molar-refractivity contribution in [3.8, 4) is 0 Å². The molecule has 0 radical (unpaired) electrons. The van der Waals surface area contributed by atoms with Crippen molar-refractivity contribution in [2.75, 3.05) is 20.2 Å². The van der Waals surface area contributed by atoms with Gasteiger partial charge in [-0.05, 0) is 44.8 Å². The third-order valence-electron chi connectivity index (χ3n) is 4.72. The van der Waals surface area contributed by atoms with E-state index in [0.29, 0.717) is 24.2 Å². The molecule has 3 heterocycles. The highest BCUT2D eigenvalue weighted by molar-refractivity contribution is 5.90. The minimum Gasteiger partial charge on any atom is -0.467 e. The molecule has 0 aromatic carbocycles. The topological polar surface area (TPSA) is 54.7 Å². The fourth-order valence-electron chi connectivity index (χ4n) is 3.65. The first kappa shape index (κ1) is 14.6. The third-order valence-corrected chi connectivity index (χ3v) is 4.72. The van der Waals surface area contributed by atoms with E-state index < -0.39 is 0 Å². The number of nitrogens with one attached hydrogen (secondary N) is 1. The molecule has 5 nitrogen and oxygen atoms in total. The molecule has 1 aromatic heterocycles. The molecular weight excluding hydrogens is 268 g/mol. The van der Waals surface area contributed by atoms with Crippen LogP contribution in [0.3, 0.4) is 0 Å². The molecular formula is C16H24N2O3. The Bertz CT molecular complexity index is 480. The SMILES string of the molecule is COC(=O)c1ccoc1CN1CCCCC1C1CCCN1. The second-order valence-corrected chi connectivity index (χ2v) is 5.99. The second-order valence-electron chi connectivity index (χ2n) is 5.99. The van der Waals surface area contributed by atoms with Crippen LogP contribution in [-0.4, -0.2) is 43.2 Å². The molecule has 3 rings (SSSR count). The Morgan fingerprint density at radius 3 is 3.10 bits per heavy atom. The maximum atomic E-state index is 11.8. The number of carbonyl (C=O) groups is 1. The number of hydrogen-bond donors (Lipinski definition) is 1. The standard InChI is InChI=1S/C16H24N2O3/c1-20-16(19)12-7-10-21-15(12)11-18-9-3-2-6-14(18)13-5-4-8-17-13/h7,10,13-14,17H,2-6,8-9,11H2,1H3. The summed E-state index contributed by atoms with van der Waals surface area (Å²) in [5, 5.41) is 3.62. The predicted molar refractivity (Wildman–Crippen MR) is 79.1 cm³/mol. The van der Waals surface area contributed by atoms with Gasteiger partial charge in [0.2, 0.25) is 0 Å². The van der Waals surface area contributed by atoms with Gasteiger partial charge in [0.1, 0.15) is 11.3 Å². The first-order chi connectivity index (χ1) is 10.3. The zero-order valence-corrected chi connectivity index (χ0v) is 12.6. The maximum absolute atomic E-state index is 11.8. The van der Waals surface area contributed by atoms with Crippen molar-refractivity contribution in [3.05, 3.63) is 23.7 Å². The van der Waals surface area contributed by atoms with Gasteiger partial charge in [-0.15, -0.1) is 0 Å². The Morgan fingerprint density at radius 1 is 1.43 bits per heavy atom. The van der Waals surface area contributed by atoms with Crippen LogP contribution >= 0.6 is 0 Å². The number of ether oxygens (including phenoxy) is 1. The van der Waals surface area contributed by atoms with Gasteiger partial charge in [-0.3, -0.25) is 4.90 Å². The van der Waals surface area contributed by atoms with E-state index in [2.05, 4.69) is 10.2 Å². The zero-order chi connectivity index (χ0) is 14.7. The van der Waals surface area contributed by atoms with Gasteiger partial charge in [-0.2, -0.15) is 0 Å². The van der Waals surface area contributed by atoms with Crippen molar-refractivity contribution in [3.63, 3.8) is 0 Å². The van der Waals surface area contributed by atoms with E-state index in [-0.39, 0.29) is 5.97 Å². The largest absolute Gasteiger partial charge is 0.467 e. The zero-order valence-electron chi connectivity index (χ0n) is 12.6. The molecule has 0 bridgehead atoms. The summed E-state index contributed by atoms with van der Waals surface area (Å²) >= 11 is 0. The minimum atomic E-state index is -0.314. The average Bonchev–Trinajstić information content (AvgIpc) is 3.18. The lowest BCUT2D eigenvalue weighted by Crippen LogP contribution is -2.49. The lowest BCUT2D eigenvalue weighted by Gasteiger charge is -2.38. The highest BCUT2D eigenvalue weighted by atomic mass is 16.5. The monoisotopic (exact) mass is 292 g/mol. The van der Waals surface area contributed by atoms with Gasteiger partial charge in [0.05, 0.1) is 19.9 Å². The molecule has 2 fully saturated rings. The van der Waals surface area contributed by atoms with Crippen molar-refractivity contribution in [2.24, 2.45) is 0 Å². The van der Waals surface area contributed by atoms with Crippen molar-refractivity contribution >= 4 is 5.97 Å². The van der Waals surface area contributed by atoms with Gasteiger partial charge < -0.3 is 14.5 Å². The predicted octanol–water partition coefficient (Wildman–Crippen LogP) is 2.17. The summed E-state index contributed by atoms with van der Waals surface area (Å²) in [7, 11) is 1.41. The summed E-state index contributed by atoms with van der Waals surface area (Å²) in [6.45, 7) is 2.90. The van der Waals surface area contributed by atoms with Crippen molar-refractivity contribution < 1.29 is 13.9 Å². The van der Waals surface area contributed by atoms with Crippen molar-refractivity contribution in [2.45, 2.75) is 50.7 Å². The van der Waals surface area contributed by atoms with Gasteiger partial charge in [0, 0.05) is 12.1 Å². The summed E-state index contributed by atoms with van der Waals surface area (Å²) in [4.78, 5) is 14.2. The van der Waals surface area contributed by atoms with Crippen LogP contribution < -0.4 is 5.32 Å². The van der Waals surface area contributed by atoms with Gasteiger partial charge in [0.25, 0.3) is 0 Å². The molecule has 21 heavy (non-hydrogen) atoms. The van der Waals surface area contributed by atoms with Crippen LogP contribution in [0.15, 0.2) is 16.7 Å². The van der Waals surface area contributed by atoms with Crippen molar-refractivity contribution in [1.82, 2.24) is 10.2 Å². The van der Waals surface area contributed by atoms with Crippen LogP contribution in [0.4, 0.5) is 0 Å². The van der Waals surface area contributed by atoms with Gasteiger partial charge >= 0.3 is 5.97 Å². The summed E-state index contributed by atoms with van der Waals surface area (Å²) in [6.07, 6.45) is 7.84. The fourth-order valence-corrected chi connectivity index (χ4v) is 3.65. The summed E-state index contributed by atoms with van der Waals surface area (Å²) < 4.78 is 10.4. The van der Waals surface area contributed by atoms with Crippen LogP contribution in [0, 0.1) is 0 Å². The van der Waals surface area contributed by atoms with E-state index in [1.807, 2.05) is 0 Å². The molecule has 2 atom stereocenters. The molecule has 2 aliphatic rings. The summed E-state index contributed by atoms with van der Waals surface area (Å²) in [5.41, 5.74) is 0.557. The summed E-state index contributed by atoms with van der Waals surface area (Å²) in [6, 6.07) is 2.84. The normalized spacial score (nSPS) is 26.9. The number of esters is 1. The van der Waals surface area contributed by atoms with E-state index in [1.165, 1.54) is 39.2 Å². The van der Waals surface area contributed by atoms with Crippen molar-refractivity contribution in [1.29, 1.82) is 0 Å². The first-order valence-corrected chi connectivity index (χ1v) is 7.91. The average molecular weight is 292 g/mol. The molecule has 0 aliphatic carbocycles. The molecule has 2 aliphatic heterocycles. The Kier molecular flexibility index (Phi) is 4.60. The lowest BCUT2D eigenvalue weighted by atomic mass is 9.94.